The highest BCUT2D eigenvalue weighted by molar-refractivity contribution is 5.85. The van der Waals surface area contributed by atoms with Crippen molar-refractivity contribution in [1.29, 1.82) is 0 Å². The van der Waals surface area contributed by atoms with Crippen LogP contribution in [0.1, 0.15) is 68.2 Å². The van der Waals surface area contributed by atoms with Crippen LogP contribution in [0.5, 0.6) is 0 Å². The molecule has 0 bridgehead atoms. The van der Waals surface area contributed by atoms with E-state index in [1.165, 1.54) is 11.1 Å². The van der Waals surface area contributed by atoms with Crippen LogP contribution in [0, 0.1) is 0 Å². The van der Waals surface area contributed by atoms with Crippen LogP contribution in [-0.2, 0) is 27.3 Å². The first-order valence-corrected chi connectivity index (χ1v) is 15.1. The van der Waals surface area contributed by atoms with E-state index in [-0.39, 0.29) is 23.8 Å². The number of fused-ring (bicyclic) bond motifs is 1. The average molecular weight is 585 g/mol. The number of benzene rings is 3. The van der Waals surface area contributed by atoms with Gasteiger partial charge in [0.2, 0.25) is 11.8 Å². The number of carbonyl (C=O) groups is 3. The molecule has 1 aliphatic rings. The van der Waals surface area contributed by atoms with Crippen LogP contribution in [0.15, 0.2) is 84.9 Å². The lowest BCUT2D eigenvalue weighted by atomic mass is 9.91. The number of hydrogen-bond acceptors (Lipinski definition) is 5. The summed E-state index contributed by atoms with van der Waals surface area (Å²) in [7, 11) is 0. The molecule has 8 heteroatoms. The van der Waals surface area contributed by atoms with Crippen molar-refractivity contribution >= 4 is 17.9 Å². The Morgan fingerprint density at radius 2 is 1.44 bits per heavy atom. The van der Waals surface area contributed by atoms with Crippen molar-refractivity contribution in [2.24, 2.45) is 0 Å². The molecule has 43 heavy (non-hydrogen) atoms. The minimum Gasteiger partial charge on any atom is -0.444 e. The average Bonchev–Trinajstić information content (AvgIpc) is 3.00. The van der Waals surface area contributed by atoms with E-state index in [2.05, 4.69) is 57.7 Å². The number of alkyl carbamates (subject to hydrolysis) is 1. The normalized spacial score (nSPS) is 15.2. The second-order valence-electron chi connectivity index (χ2n) is 12.0. The standard InChI is InChI=1S/C35H44N4O4/c1-35(2,3)43-34(42)39-30(20-12-13-21-36-33(41)31-22-27-18-10-11-19-28(27)23-37-31)32(40)38-24-29(25-14-6-4-7-15-25)26-16-8-5-9-17-26/h4-11,14-19,29-31,37H,12-13,20-24H2,1-3H3,(H,36,41)(H,38,40)(H,39,42)/t30-,31+/m1/s1. The van der Waals surface area contributed by atoms with E-state index in [1.807, 2.05) is 48.5 Å². The van der Waals surface area contributed by atoms with Gasteiger partial charge in [-0.05, 0) is 68.7 Å². The highest BCUT2D eigenvalue weighted by Gasteiger charge is 2.26. The predicted octanol–water partition coefficient (Wildman–Crippen LogP) is 4.83. The Kier molecular flexibility index (Phi) is 11.3. The second kappa shape index (κ2) is 15.3. The van der Waals surface area contributed by atoms with Crippen molar-refractivity contribution in [2.45, 2.75) is 76.6 Å². The fraction of sp³-hybridized carbons (Fsp3) is 0.400. The molecule has 0 saturated heterocycles. The summed E-state index contributed by atoms with van der Waals surface area (Å²) in [6, 6.07) is 27.2. The van der Waals surface area contributed by atoms with E-state index in [0.717, 1.165) is 11.1 Å². The molecular formula is C35H44N4O4. The highest BCUT2D eigenvalue weighted by atomic mass is 16.6. The summed E-state index contributed by atoms with van der Waals surface area (Å²) < 4.78 is 5.44. The molecule has 8 nitrogen and oxygen atoms in total. The van der Waals surface area contributed by atoms with Crippen LogP contribution < -0.4 is 21.3 Å². The first-order valence-electron chi connectivity index (χ1n) is 15.1. The number of nitrogens with one attached hydrogen (secondary N) is 4. The molecule has 228 valence electrons. The Hall–Kier alpha value is -4.17. The molecule has 4 N–H and O–H groups in total. The minimum atomic E-state index is -0.769. The van der Waals surface area contributed by atoms with Crippen molar-refractivity contribution in [3.63, 3.8) is 0 Å². The van der Waals surface area contributed by atoms with Gasteiger partial charge in [0.1, 0.15) is 11.6 Å². The van der Waals surface area contributed by atoms with Gasteiger partial charge in [0.05, 0.1) is 6.04 Å². The van der Waals surface area contributed by atoms with E-state index in [9.17, 15) is 14.4 Å². The molecule has 3 amide bonds. The molecule has 0 aromatic heterocycles. The van der Waals surface area contributed by atoms with Gasteiger partial charge >= 0.3 is 6.09 Å². The number of hydrogen-bond donors (Lipinski definition) is 4. The molecule has 1 aliphatic heterocycles. The van der Waals surface area contributed by atoms with Gasteiger partial charge in [0.25, 0.3) is 0 Å². The first kappa shape index (κ1) is 31.8. The number of rotatable bonds is 12. The van der Waals surface area contributed by atoms with E-state index in [0.29, 0.717) is 45.3 Å². The van der Waals surface area contributed by atoms with Gasteiger partial charge in [-0.25, -0.2) is 4.79 Å². The van der Waals surface area contributed by atoms with Crippen LogP contribution in [-0.4, -0.2) is 48.7 Å². The van der Waals surface area contributed by atoms with Gasteiger partial charge in [0, 0.05) is 25.6 Å². The Morgan fingerprint density at radius 3 is 2.07 bits per heavy atom. The van der Waals surface area contributed by atoms with Crippen LogP contribution in [0.25, 0.3) is 0 Å². The summed E-state index contributed by atoms with van der Waals surface area (Å²) in [5.41, 5.74) is 3.93. The maximum atomic E-state index is 13.4. The van der Waals surface area contributed by atoms with Gasteiger partial charge in [-0.1, -0.05) is 84.9 Å². The molecule has 1 heterocycles. The fourth-order valence-corrected chi connectivity index (χ4v) is 5.29. The Bertz CT molecular complexity index is 1300. The third-order valence-electron chi connectivity index (χ3n) is 7.51. The van der Waals surface area contributed by atoms with Crippen LogP contribution in [0.2, 0.25) is 0 Å². The first-order chi connectivity index (χ1) is 20.7. The van der Waals surface area contributed by atoms with Crippen molar-refractivity contribution < 1.29 is 19.1 Å². The summed E-state index contributed by atoms with van der Waals surface area (Å²) in [5, 5.41) is 12.2. The number of carbonyl (C=O) groups excluding carboxylic acids is 3. The molecule has 0 radical (unpaired) electrons. The van der Waals surface area contributed by atoms with Crippen molar-refractivity contribution in [2.75, 3.05) is 13.1 Å². The molecule has 0 fully saturated rings. The third-order valence-corrected chi connectivity index (χ3v) is 7.51. The molecule has 4 rings (SSSR count). The Morgan fingerprint density at radius 1 is 0.837 bits per heavy atom. The quantitative estimate of drug-likeness (QED) is 0.228. The van der Waals surface area contributed by atoms with Gasteiger partial charge in [-0.3, -0.25) is 9.59 Å². The summed E-state index contributed by atoms with van der Waals surface area (Å²) in [6.07, 6.45) is 1.75. The van der Waals surface area contributed by atoms with Gasteiger partial charge in [-0.2, -0.15) is 0 Å². The molecule has 2 atom stereocenters. The van der Waals surface area contributed by atoms with Crippen LogP contribution >= 0.6 is 0 Å². The van der Waals surface area contributed by atoms with E-state index < -0.39 is 17.7 Å². The number of unbranched alkanes of at least 4 members (excludes halogenated alkanes) is 1. The highest BCUT2D eigenvalue weighted by Crippen LogP contribution is 2.24. The van der Waals surface area contributed by atoms with Crippen molar-refractivity contribution in [3.05, 3.63) is 107 Å². The van der Waals surface area contributed by atoms with E-state index in [1.54, 1.807) is 20.8 Å². The second-order valence-corrected chi connectivity index (χ2v) is 12.0. The summed E-state index contributed by atoms with van der Waals surface area (Å²) >= 11 is 0. The zero-order valence-electron chi connectivity index (χ0n) is 25.4. The predicted molar refractivity (Wildman–Crippen MR) is 169 cm³/mol. The molecule has 0 spiro atoms. The molecular weight excluding hydrogens is 540 g/mol. The monoisotopic (exact) mass is 584 g/mol. The van der Waals surface area contributed by atoms with Crippen molar-refractivity contribution in [3.8, 4) is 0 Å². The smallest absolute Gasteiger partial charge is 0.408 e. The maximum Gasteiger partial charge on any atom is 0.408 e. The molecule has 0 aliphatic carbocycles. The maximum absolute atomic E-state index is 13.4. The molecule has 0 unspecified atom stereocenters. The summed E-state index contributed by atoms with van der Waals surface area (Å²) in [4.78, 5) is 38.8. The lowest BCUT2D eigenvalue weighted by Gasteiger charge is -2.25. The summed E-state index contributed by atoms with van der Waals surface area (Å²) in [5.74, 6) is -0.329. The minimum absolute atomic E-state index is 0.0245. The molecule has 3 aromatic rings. The van der Waals surface area contributed by atoms with Crippen molar-refractivity contribution in [1.82, 2.24) is 21.3 Å². The van der Waals surface area contributed by atoms with Gasteiger partial charge in [0.15, 0.2) is 0 Å². The number of ether oxygens (including phenoxy) is 1. The zero-order valence-corrected chi connectivity index (χ0v) is 25.4. The van der Waals surface area contributed by atoms with E-state index in [4.69, 9.17) is 4.74 Å². The van der Waals surface area contributed by atoms with E-state index >= 15 is 0 Å². The largest absolute Gasteiger partial charge is 0.444 e. The Labute approximate surface area is 255 Å². The van der Waals surface area contributed by atoms with Gasteiger partial charge < -0.3 is 26.0 Å². The zero-order chi connectivity index (χ0) is 30.7. The fourth-order valence-electron chi connectivity index (χ4n) is 5.29. The van der Waals surface area contributed by atoms with Crippen LogP contribution in [0.4, 0.5) is 4.79 Å². The molecule has 3 aromatic carbocycles. The lowest BCUT2D eigenvalue weighted by Crippen LogP contribution is -2.49. The third kappa shape index (κ3) is 9.96. The SMILES string of the molecule is CC(C)(C)OC(=O)N[C@H](CCCCNC(=O)[C@@H]1Cc2ccccc2CN1)C(=O)NCC(c1ccccc1)c1ccccc1. The lowest BCUT2D eigenvalue weighted by molar-refractivity contribution is -0.124. The number of amides is 3. The van der Waals surface area contributed by atoms with Gasteiger partial charge in [-0.15, -0.1) is 0 Å². The molecule has 0 saturated carbocycles. The Balaban J connectivity index is 1.31. The topological polar surface area (TPSA) is 109 Å². The van der Waals surface area contributed by atoms with Crippen LogP contribution in [0.3, 0.4) is 0 Å². The summed E-state index contributed by atoms with van der Waals surface area (Å²) in [6.45, 7) is 6.91.